The van der Waals surface area contributed by atoms with E-state index in [1.165, 1.54) is 24.2 Å². The fourth-order valence-corrected chi connectivity index (χ4v) is 3.68. The Morgan fingerprint density at radius 3 is 2.90 bits per heavy atom. The second-order valence-electron chi connectivity index (χ2n) is 5.55. The lowest BCUT2D eigenvalue weighted by molar-refractivity contribution is 0.102. The van der Waals surface area contributed by atoms with Gasteiger partial charge in [-0.25, -0.2) is 4.98 Å². The van der Waals surface area contributed by atoms with Gasteiger partial charge < -0.3 is 15.6 Å². The molecule has 1 fully saturated rings. The zero-order valence-corrected chi connectivity index (χ0v) is 13.2. The number of hydrogen-bond acceptors (Lipinski definition) is 5. The molecule has 0 unspecified atom stereocenters. The Bertz CT molecular complexity index is 669. The van der Waals surface area contributed by atoms with Crippen molar-refractivity contribution in [1.29, 1.82) is 0 Å². The molecular formula is C15H20N4OS. The smallest absolute Gasteiger partial charge is 0.171 e. The Morgan fingerprint density at radius 2 is 2.33 bits per heavy atom. The normalized spacial score (nSPS) is 14.4. The summed E-state index contributed by atoms with van der Waals surface area (Å²) >= 11 is 1.49. The van der Waals surface area contributed by atoms with Crippen molar-refractivity contribution in [3.63, 3.8) is 0 Å². The van der Waals surface area contributed by atoms with E-state index in [9.17, 15) is 4.79 Å². The van der Waals surface area contributed by atoms with Gasteiger partial charge in [0.1, 0.15) is 5.82 Å². The molecule has 5 nitrogen and oxygen atoms in total. The van der Waals surface area contributed by atoms with Gasteiger partial charge in [0.05, 0.1) is 15.6 Å². The number of aryl methyl sites for hydroxylation is 1. The Morgan fingerprint density at radius 1 is 1.57 bits per heavy atom. The molecule has 1 aliphatic carbocycles. The van der Waals surface area contributed by atoms with Crippen molar-refractivity contribution in [2.45, 2.75) is 32.1 Å². The molecule has 2 aromatic rings. The summed E-state index contributed by atoms with van der Waals surface area (Å²) in [5.41, 5.74) is 8.02. The summed E-state index contributed by atoms with van der Waals surface area (Å²) in [5.74, 6) is 1.63. The SMILES string of the molecule is CC(=O)c1sc(NCCc2nccn2C)c(C2CC2)c1N. The van der Waals surface area contributed by atoms with E-state index in [0.29, 0.717) is 16.5 Å². The number of nitrogens with two attached hydrogens (primary N) is 1. The van der Waals surface area contributed by atoms with Crippen LogP contribution in [0.4, 0.5) is 10.7 Å². The molecule has 1 aliphatic rings. The second kappa shape index (κ2) is 5.52. The molecular weight excluding hydrogens is 284 g/mol. The van der Waals surface area contributed by atoms with E-state index in [-0.39, 0.29) is 5.78 Å². The number of carbonyl (C=O) groups excluding carboxylic acids is 1. The van der Waals surface area contributed by atoms with Crippen LogP contribution < -0.4 is 11.1 Å². The number of hydrogen-bond donors (Lipinski definition) is 2. The van der Waals surface area contributed by atoms with Crippen LogP contribution in [0.1, 0.15) is 46.7 Å². The number of nitrogens with one attached hydrogen (secondary N) is 1. The minimum atomic E-state index is 0.0524. The van der Waals surface area contributed by atoms with E-state index in [2.05, 4.69) is 10.3 Å². The molecule has 1 saturated carbocycles. The third-order valence-corrected chi connectivity index (χ3v) is 5.12. The Hall–Kier alpha value is -1.82. The molecule has 0 amide bonds. The van der Waals surface area contributed by atoms with Crippen molar-refractivity contribution in [3.05, 3.63) is 28.7 Å². The molecule has 0 bridgehead atoms. The van der Waals surface area contributed by atoms with E-state index in [1.807, 2.05) is 24.0 Å². The molecule has 3 rings (SSSR count). The number of carbonyl (C=O) groups is 1. The molecule has 0 saturated heterocycles. The van der Waals surface area contributed by atoms with Gasteiger partial charge in [-0.3, -0.25) is 4.79 Å². The first-order valence-corrected chi connectivity index (χ1v) is 8.02. The van der Waals surface area contributed by atoms with Crippen LogP contribution in [-0.4, -0.2) is 21.9 Å². The van der Waals surface area contributed by atoms with Gasteiger partial charge >= 0.3 is 0 Å². The molecule has 112 valence electrons. The fourth-order valence-electron chi connectivity index (χ4n) is 2.55. The van der Waals surface area contributed by atoms with Crippen LogP contribution in [0.25, 0.3) is 0 Å². The lowest BCUT2D eigenvalue weighted by Gasteiger charge is -2.07. The van der Waals surface area contributed by atoms with Crippen molar-refractivity contribution in [3.8, 4) is 0 Å². The maximum atomic E-state index is 11.7. The van der Waals surface area contributed by atoms with Crippen molar-refractivity contribution in [2.75, 3.05) is 17.6 Å². The first-order chi connectivity index (χ1) is 10.1. The average Bonchev–Trinajstić information content (AvgIpc) is 3.10. The predicted molar refractivity (Wildman–Crippen MR) is 86.1 cm³/mol. The van der Waals surface area contributed by atoms with Crippen LogP contribution in [0.3, 0.4) is 0 Å². The minimum absolute atomic E-state index is 0.0524. The number of ketones is 1. The zero-order valence-electron chi connectivity index (χ0n) is 12.3. The van der Waals surface area contributed by atoms with Crippen LogP contribution in [0.15, 0.2) is 12.4 Å². The van der Waals surface area contributed by atoms with Gasteiger partial charge in [0.25, 0.3) is 0 Å². The van der Waals surface area contributed by atoms with Gasteiger partial charge in [-0.1, -0.05) is 0 Å². The highest BCUT2D eigenvalue weighted by atomic mass is 32.1. The van der Waals surface area contributed by atoms with Crippen LogP contribution in [0, 0.1) is 0 Å². The molecule has 6 heteroatoms. The van der Waals surface area contributed by atoms with Gasteiger partial charge in [-0.05, 0) is 18.8 Å². The summed E-state index contributed by atoms with van der Waals surface area (Å²) in [6.07, 6.45) is 6.95. The first kappa shape index (κ1) is 14.1. The topological polar surface area (TPSA) is 72.9 Å². The quantitative estimate of drug-likeness (QED) is 0.805. The van der Waals surface area contributed by atoms with E-state index in [4.69, 9.17) is 5.73 Å². The number of rotatable bonds is 6. The monoisotopic (exact) mass is 304 g/mol. The molecule has 3 N–H and O–H groups in total. The number of imidazole rings is 1. The Kier molecular flexibility index (Phi) is 3.71. The third-order valence-electron chi connectivity index (χ3n) is 3.84. The molecule has 0 radical (unpaired) electrons. The van der Waals surface area contributed by atoms with Crippen molar-refractivity contribution in [2.24, 2.45) is 7.05 Å². The number of nitrogen functional groups attached to an aromatic ring is 1. The molecule has 2 aromatic heterocycles. The lowest BCUT2D eigenvalue weighted by atomic mass is 10.1. The van der Waals surface area contributed by atoms with Gasteiger partial charge in [0.2, 0.25) is 0 Å². The van der Waals surface area contributed by atoms with Crippen LogP contribution in [-0.2, 0) is 13.5 Å². The number of Topliss-reactive ketones (excluding diaryl/α,β-unsaturated/α-hetero) is 1. The lowest BCUT2D eigenvalue weighted by Crippen LogP contribution is -2.08. The largest absolute Gasteiger partial charge is 0.397 e. The molecule has 0 aromatic carbocycles. The summed E-state index contributed by atoms with van der Waals surface area (Å²) in [7, 11) is 1.99. The molecule has 0 spiro atoms. The fraction of sp³-hybridized carbons (Fsp3) is 0.467. The van der Waals surface area contributed by atoms with E-state index in [0.717, 1.165) is 29.4 Å². The second-order valence-corrected chi connectivity index (χ2v) is 6.57. The van der Waals surface area contributed by atoms with Crippen LogP contribution in [0.2, 0.25) is 0 Å². The maximum absolute atomic E-state index is 11.7. The highest BCUT2D eigenvalue weighted by molar-refractivity contribution is 7.18. The van der Waals surface area contributed by atoms with E-state index < -0.39 is 0 Å². The van der Waals surface area contributed by atoms with Crippen molar-refractivity contribution < 1.29 is 4.79 Å². The van der Waals surface area contributed by atoms with Crippen LogP contribution >= 0.6 is 11.3 Å². The van der Waals surface area contributed by atoms with Crippen molar-refractivity contribution >= 4 is 27.8 Å². The van der Waals surface area contributed by atoms with Crippen LogP contribution in [0.5, 0.6) is 0 Å². The van der Waals surface area contributed by atoms with E-state index >= 15 is 0 Å². The summed E-state index contributed by atoms with van der Waals surface area (Å²) in [5, 5.41) is 4.51. The van der Waals surface area contributed by atoms with Gasteiger partial charge in [0.15, 0.2) is 5.78 Å². The number of nitrogens with zero attached hydrogens (tertiary/aromatic N) is 2. The average molecular weight is 304 g/mol. The number of aromatic nitrogens is 2. The Balaban J connectivity index is 1.74. The molecule has 21 heavy (non-hydrogen) atoms. The summed E-state index contributed by atoms with van der Waals surface area (Å²) in [6.45, 7) is 2.37. The van der Waals surface area contributed by atoms with Gasteiger partial charge in [-0.2, -0.15) is 0 Å². The molecule has 0 aliphatic heterocycles. The first-order valence-electron chi connectivity index (χ1n) is 7.21. The highest BCUT2D eigenvalue weighted by Crippen LogP contribution is 2.50. The Labute approximate surface area is 128 Å². The molecule has 0 atom stereocenters. The van der Waals surface area contributed by atoms with Gasteiger partial charge in [0, 0.05) is 44.9 Å². The standard InChI is InChI=1S/C15H20N4OS/c1-9(20)14-13(16)12(10-3-4-10)15(21-14)18-6-5-11-17-7-8-19(11)2/h7-8,10,18H,3-6,16H2,1-2H3. The highest BCUT2D eigenvalue weighted by Gasteiger charge is 2.32. The predicted octanol–water partition coefficient (Wildman–Crippen LogP) is 2.80. The zero-order chi connectivity index (χ0) is 15.0. The minimum Gasteiger partial charge on any atom is -0.397 e. The van der Waals surface area contributed by atoms with Gasteiger partial charge in [-0.15, -0.1) is 11.3 Å². The summed E-state index contributed by atoms with van der Waals surface area (Å²) < 4.78 is 2.02. The molecule has 2 heterocycles. The third kappa shape index (κ3) is 2.81. The summed E-state index contributed by atoms with van der Waals surface area (Å²) in [4.78, 5) is 16.7. The summed E-state index contributed by atoms with van der Waals surface area (Å²) in [6, 6.07) is 0. The number of anilines is 2. The van der Waals surface area contributed by atoms with Crippen molar-refractivity contribution in [1.82, 2.24) is 9.55 Å². The number of thiophene rings is 1. The maximum Gasteiger partial charge on any atom is 0.171 e. The van der Waals surface area contributed by atoms with E-state index in [1.54, 1.807) is 6.92 Å².